The van der Waals surface area contributed by atoms with Gasteiger partial charge in [0.05, 0.1) is 13.2 Å². The third kappa shape index (κ3) is 5.59. The average molecular weight is 427 g/mol. The molecule has 0 unspecified atom stereocenters. The second-order valence-electron chi connectivity index (χ2n) is 8.01. The van der Waals surface area contributed by atoms with E-state index in [0.29, 0.717) is 18.5 Å². The molecule has 9 heteroatoms. The molecule has 2 aliphatic heterocycles. The Balaban J connectivity index is 1.47. The lowest BCUT2D eigenvalue weighted by Gasteiger charge is -2.40. The summed E-state index contributed by atoms with van der Waals surface area (Å²) in [4.78, 5) is 25.5. The van der Waals surface area contributed by atoms with Gasteiger partial charge in [0.15, 0.2) is 0 Å². The second-order valence-corrected chi connectivity index (χ2v) is 8.01. The molecule has 2 aromatic heterocycles. The van der Waals surface area contributed by atoms with Gasteiger partial charge >= 0.3 is 0 Å². The molecule has 2 fully saturated rings. The molecule has 0 saturated carbocycles. The predicted molar refractivity (Wildman–Crippen MR) is 123 cm³/mol. The van der Waals surface area contributed by atoms with Gasteiger partial charge in [0, 0.05) is 64.2 Å². The summed E-state index contributed by atoms with van der Waals surface area (Å²) in [5.41, 5.74) is 1.10. The Bertz CT molecular complexity index is 802. The molecule has 0 atom stereocenters. The molecule has 0 amide bonds. The number of morpholine rings is 1. The largest absolute Gasteiger partial charge is 0.379 e. The molecule has 2 aromatic rings. The van der Waals surface area contributed by atoms with E-state index in [1.165, 1.54) is 0 Å². The van der Waals surface area contributed by atoms with Crippen LogP contribution in [0.4, 0.5) is 17.8 Å². The average Bonchev–Trinajstić information content (AvgIpc) is 2.85. The Labute approximate surface area is 184 Å². The van der Waals surface area contributed by atoms with Gasteiger partial charge in [-0.3, -0.25) is 9.88 Å². The van der Waals surface area contributed by atoms with Crippen LogP contribution in [-0.4, -0.2) is 83.4 Å². The van der Waals surface area contributed by atoms with Gasteiger partial charge in [-0.15, -0.1) is 0 Å². The van der Waals surface area contributed by atoms with E-state index >= 15 is 0 Å². The minimum absolute atomic E-state index is 0.617. The van der Waals surface area contributed by atoms with E-state index in [1.807, 2.05) is 18.3 Å². The minimum Gasteiger partial charge on any atom is -0.379 e. The van der Waals surface area contributed by atoms with Crippen molar-refractivity contribution >= 4 is 17.8 Å². The Morgan fingerprint density at radius 3 is 2.52 bits per heavy atom. The highest BCUT2D eigenvalue weighted by Gasteiger charge is 2.27. The van der Waals surface area contributed by atoms with Gasteiger partial charge in [-0.1, -0.05) is 6.07 Å². The smallest absolute Gasteiger partial charge is 0.231 e. The fourth-order valence-electron chi connectivity index (χ4n) is 4.28. The van der Waals surface area contributed by atoms with Crippen molar-refractivity contribution in [2.24, 2.45) is 0 Å². The van der Waals surface area contributed by atoms with E-state index < -0.39 is 0 Å². The highest BCUT2D eigenvalue weighted by Crippen LogP contribution is 2.23. The summed E-state index contributed by atoms with van der Waals surface area (Å²) in [6.07, 6.45) is 5.90. The SMILES string of the molecule is CCN(CC)c1nc(NCc2cccnc2)nc(N2CCC(N3CCOCC3)CC2)n1. The molecule has 0 aromatic carbocycles. The molecule has 1 N–H and O–H groups in total. The number of aromatic nitrogens is 4. The zero-order valence-corrected chi connectivity index (χ0v) is 18.7. The lowest BCUT2D eigenvalue weighted by atomic mass is 10.0. The monoisotopic (exact) mass is 426 g/mol. The van der Waals surface area contributed by atoms with E-state index in [4.69, 9.17) is 19.7 Å². The van der Waals surface area contributed by atoms with Crippen LogP contribution in [0.25, 0.3) is 0 Å². The van der Waals surface area contributed by atoms with Gasteiger partial charge < -0.3 is 19.9 Å². The van der Waals surface area contributed by atoms with Gasteiger partial charge in [-0.25, -0.2) is 0 Å². The molecule has 9 nitrogen and oxygen atoms in total. The van der Waals surface area contributed by atoms with Crippen LogP contribution in [0.3, 0.4) is 0 Å². The third-order valence-electron chi connectivity index (χ3n) is 6.14. The van der Waals surface area contributed by atoms with Crippen LogP contribution < -0.4 is 15.1 Å². The molecule has 2 saturated heterocycles. The number of nitrogens with zero attached hydrogens (tertiary/aromatic N) is 7. The number of hydrogen-bond acceptors (Lipinski definition) is 9. The summed E-state index contributed by atoms with van der Waals surface area (Å²) in [7, 11) is 0. The maximum Gasteiger partial charge on any atom is 0.231 e. The molecule has 0 aliphatic carbocycles. The predicted octanol–water partition coefficient (Wildman–Crippen LogP) is 2.03. The Hall–Kier alpha value is -2.52. The number of piperidine rings is 1. The summed E-state index contributed by atoms with van der Waals surface area (Å²) in [5, 5.41) is 3.37. The van der Waals surface area contributed by atoms with Crippen molar-refractivity contribution in [3.63, 3.8) is 0 Å². The zero-order valence-electron chi connectivity index (χ0n) is 18.7. The first kappa shape index (κ1) is 21.7. The van der Waals surface area contributed by atoms with Crippen molar-refractivity contribution in [1.82, 2.24) is 24.8 Å². The fourth-order valence-corrected chi connectivity index (χ4v) is 4.28. The number of ether oxygens (including phenoxy) is 1. The van der Waals surface area contributed by atoms with Gasteiger partial charge in [-0.2, -0.15) is 15.0 Å². The Kier molecular flexibility index (Phi) is 7.48. The first-order chi connectivity index (χ1) is 15.3. The Morgan fingerprint density at radius 1 is 1.06 bits per heavy atom. The highest BCUT2D eigenvalue weighted by molar-refractivity contribution is 5.45. The number of nitrogens with one attached hydrogen (secondary N) is 1. The summed E-state index contributed by atoms with van der Waals surface area (Å²) in [6, 6.07) is 4.62. The summed E-state index contributed by atoms with van der Waals surface area (Å²) in [6.45, 7) is 12.3. The van der Waals surface area contributed by atoms with Crippen LogP contribution in [0.5, 0.6) is 0 Å². The molecule has 4 rings (SSSR count). The van der Waals surface area contributed by atoms with Crippen molar-refractivity contribution in [2.45, 2.75) is 39.3 Å². The van der Waals surface area contributed by atoms with Gasteiger partial charge in [-0.05, 0) is 38.3 Å². The van der Waals surface area contributed by atoms with Crippen molar-refractivity contribution < 1.29 is 4.74 Å². The molecule has 168 valence electrons. The topological polar surface area (TPSA) is 82.5 Å². The minimum atomic E-state index is 0.617. The van der Waals surface area contributed by atoms with Crippen LogP contribution in [0.1, 0.15) is 32.3 Å². The first-order valence-electron chi connectivity index (χ1n) is 11.5. The maximum absolute atomic E-state index is 5.51. The number of rotatable bonds is 8. The molecular formula is C22H34N8O. The van der Waals surface area contributed by atoms with Crippen LogP contribution in [-0.2, 0) is 11.3 Å². The van der Waals surface area contributed by atoms with E-state index in [-0.39, 0.29) is 0 Å². The van der Waals surface area contributed by atoms with E-state index in [2.05, 4.69) is 38.8 Å². The highest BCUT2D eigenvalue weighted by atomic mass is 16.5. The van der Waals surface area contributed by atoms with Crippen LogP contribution in [0.2, 0.25) is 0 Å². The first-order valence-corrected chi connectivity index (χ1v) is 11.5. The number of anilines is 3. The van der Waals surface area contributed by atoms with Crippen LogP contribution in [0, 0.1) is 0 Å². The van der Waals surface area contributed by atoms with Gasteiger partial charge in [0.2, 0.25) is 17.8 Å². The number of hydrogen-bond donors (Lipinski definition) is 1. The summed E-state index contributed by atoms with van der Waals surface area (Å²) >= 11 is 0. The maximum atomic E-state index is 5.51. The molecule has 0 radical (unpaired) electrons. The lowest BCUT2D eigenvalue weighted by molar-refractivity contribution is 0.0114. The van der Waals surface area contributed by atoms with Crippen molar-refractivity contribution in [2.75, 3.05) is 67.6 Å². The normalized spacial score (nSPS) is 18.2. The van der Waals surface area contributed by atoms with Crippen molar-refractivity contribution in [3.8, 4) is 0 Å². The summed E-state index contributed by atoms with van der Waals surface area (Å²) < 4.78 is 5.51. The van der Waals surface area contributed by atoms with Crippen LogP contribution >= 0.6 is 0 Å². The fraction of sp³-hybridized carbons (Fsp3) is 0.636. The molecule has 0 bridgehead atoms. The van der Waals surface area contributed by atoms with Crippen LogP contribution in [0.15, 0.2) is 24.5 Å². The van der Waals surface area contributed by atoms with E-state index in [9.17, 15) is 0 Å². The molecule has 31 heavy (non-hydrogen) atoms. The third-order valence-corrected chi connectivity index (χ3v) is 6.14. The molecular weight excluding hydrogens is 392 g/mol. The summed E-state index contributed by atoms with van der Waals surface area (Å²) in [5.74, 6) is 2.12. The molecule has 0 spiro atoms. The Morgan fingerprint density at radius 2 is 1.84 bits per heavy atom. The molecule has 4 heterocycles. The van der Waals surface area contributed by atoms with Gasteiger partial charge in [0.1, 0.15) is 0 Å². The quantitative estimate of drug-likeness (QED) is 0.682. The van der Waals surface area contributed by atoms with Gasteiger partial charge in [0.25, 0.3) is 0 Å². The van der Waals surface area contributed by atoms with Crippen molar-refractivity contribution in [1.29, 1.82) is 0 Å². The number of pyridine rings is 1. The zero-order chi connectivity index (χ0) is 21.5. The lowest BCUT2D eigenvalue weighted by Crippen LogP contribution is -2.49. The second kappa shape index (κ2) is 10.7. The molecule has 2 aliphatic rings. The van der Waals surface area contributed by atoms with Crippen molar-refractivity contribution in [3.05, 3.63) is 30.1 Å². The van der Waals surface area contributed by atoms with E-state index in [0.717, 1.165) is 82.8 Å². The standard InChI is InChI=1S/C22H34N8O/c1-3-28(4-2)21-25-20(24-17-18-6-5-9-23-16-18)26-22(27-21)30-10-7-19(8-11-30)29-12-14-31-15-13-29/h5-6,9,16,19H,3-4,7-8,10-15,17H2,1-2H3,(H,24,25,26,27). The van der Waals surface area contributed by atoms with E-state index in [1.54, 1.807) is 6.20 Å².